The van der Waals surface area contributed by atoms with Crippen molar-refractivity contribution in [2.24, 2.45) is 5.73 Å². The number of nitrogens with zero attached hydrogens (tertiary/aromatic N) is 1. The average Bonchev–Trinajstić information content (AvgIpc) is 2.87. The minimum absolute atomic E-state index is 0.111. The largest absolute Gasteiger partial charge is 0.370 e. The highest BCUT2D eigenvalue weighted by atomic mass is 16.2. The number of nitrogens with two attached hydrogens (primary N) is 1. The normalized spacial score (nSPS) is 11.2. The Bertz CT molecular complexity index is 453. The summed E-state index contributed by atoms with van der Waals surface area (Å²) < 4.78 is 0. The number of hydrogen-bond donors (Lipinski definition) is 1. The lowest BCUT2D eigenvalue weighted by molar-refractivity contribution is -0.133. The van der Waals surface area contributed by atoms with Crippen LogP contribution in [0.3, 0.4) is 0 Å². The maximum Gasteiger partial charge on any atom is 0.223 e. The predicted molar refractivity (Wildman–Crippen MR) is 157 cm³/mol. The van der Waals surface area contributed by atoms with E-state index >= 15 is 0 Å². The summed E-state index contributed by atoms with van der Waals surface area (Å²) in [5.74, 6) is -0.265. The smallest absolute Gasteiger partial charge is 0.223 e. The molecule has 2 N–H and O–H groups in total. The van der Waals surface area contributed by atoms with Gasteiger partial charge in [-0.1, -0.05) is 155 Å². The van der Waals surface area contributed by atoms with Crippen LogP contribution < -0.4 is 5.73 Å². The minimum atomic E-state index is -0.376. The van der Waals surface area contributed by atoms with E-state index in [0.29, 0.717) is 0 Å². The molecular formula is C32H64N2O2. The summed E-state index contributed by atoms with van der Waals surface area (Å²) in [5.41, 5.74) is 5.27. The number of unbranched alkanes of at least 4 members (excludes halogenated alkanes) is 22. The van der Waals surface area contributed by atoms with E-state index in [1.807, 2.05) is 4.90 Å². The molecule has 0 aromatic rings. The number of carbonyl (C=O) groups is 2. The average molecular weight is 509 g/mol. The standard InChI is InChI=1S/C32H64N2O2/c1-3-5-7-9-11-13-15-17-19-21-23-25-29-34(32(36)28-27-31(33)35)30-26-24-22-20-18-16-14-12-10-8-6-4-2/h3-30H2,1-2H3,(H2,33,35). The fraction of sp³-hybridized carbons (Fsp3) is 0.938. The molecule has 0 saturated carbocycles. The summed E-state index contributed by atoms with van der Waals surface area (Å²) in [6.07, 6.45) is 32.3. The van der Waals surface area contributed by atoms with Crippen molar-refractivity contribution in [1.82, 2.24) is 4.90 Å². The lowest BCUT2D eigenvalue weighted by Gasteiger charge is -2.23. The van der Waals surface area contributed by atoms with E-state index in [0.717, 1.165) is 25.9 Å². The van der Waals surface area contributed by atoms with Gasteiger partial charge in [0.1, 0.15) is 0 Å². The molecule has 0 atom stereocenters. The zero-order chi connectivity index (χ0) is 26.5. The van der Waals surface area contributed by atoms with Crippen LogP contribution in [-0.2, 0) is 9.59 Å². The summed E-state index contributed by atoms with van der Waals surface area (Å²) in [7, 11) is 0. The second kappa shape index (κ2) is 28.5. The van der Waals surface area contributed by atoms with Crippen molar-refractivity contribution in [3.8, 4) is 0 Å². The van der Waals surface area contributed by atoms with Gasteiger partial charge in [0.2, 0.25) is 11.8 Å². The number of hydrogen-bond acceptors (Lipinski definition) is 2. The number of primary amides is 1. The van der Waals surface area contributed by atoms with Gasteiger partial charge in [0.05, 0.1) is 0 Å². The molecule has 0 bridgehead atoms. The van der Waals surface area contributed by atoms with Gasteiger partial charge in [0.15, 0.2) is 0 Å². The molecule has 0 unspecified atom stereocenters. The maximum absolute atomic E-state index is 12.6. The molecule has 36 heavy (non-hydrogen) atoms. The van der Waals surface area contributed by atoms with Crippen molar-refractivity contribution in [3.63, 3.8) is 0 Å². The van der Waals surface area contributed by atoms with E-state index in [1.54, 1.807) is 0 Å². The molecule has 0 aliphatic heterocycles. The summed E-state index contributed by atoms with van der Waals surface area (Å²) >= 11 is 0. The van der Waals surface area contributed by atoms with E-state index in [1.165, 1.54) is 141 Å². The Morgan fingerprint density at radius 3 is 1.00 bits per heavy atom. The monoisotopic (exact) mass is 508 g/mol. The number of rotatable bonds is 29. The van der Waals surface area contributed by atoms with Gasteiger partial charge in [-0.25, -0.2) is 0 Å². The van der Waals surface area contributed by atoms with Crippen LogP contribution in [-0.4, -0.2) is 29.8 Å². The van der Waals surface area contributed by atoms with Gasteiger partial charge >= 0.3 is 0 Å². The van der Waals surface area contributed by atoms with Crippen LogP contribution in [0.25, 0.3) is 0 Å². The molecular weight excluding hydrogens is 444 g/mol. The Morgan fingerprint density at radius 1 is 0.444 bits per heavy atom. The Kier molecular flexibility index (Phi) is 27.7. The molecule has 0 aliphatic carbocycles. The molecule has 0 radical (unpaired) electrons. The van der Waals surface area contributed by atoms with Crippen LogP contribution in [0.5, 0.6) is 0 Å². The van der Waals surface area contributed by atoms with E-state index in [4.69, 9.17) is 5.73 Å². The summed E-state index contributed by atoms with van der Waals surface area (Å²) in [6, 6.07) is 0. The molecule has 214 valence electrons. The molecule has 4 nitrogen and oxygen atoms in total. The van der Waals surface area contributed by atoms with Gasteiger partial charge in [-0.2, -0.15) is 0 Å². The Balaban J connectivity index is 3.85. The molecule has 0 heterocycles. The van der Waals surface area contributed by atoms with E-state index < -0.39 is 0 Å². The van der Waals surface area contributed by atoms with Crippen LogP contribution >= 0.6 is 0 Å². The fourth-order valence-electron chi connectivity index (χ4n) is 5.04. The quantitative estimate of drug-likeness (QED) is 0.102. The van der Waals surface area contributed by atoms with Crippen LogP contribution in [0.15, 0.2) is 0 Å². The van der Waals surface area contributed by atoms with Crippen molar-refractivity contribution >= 4 is 11.8 Å². The van der Waals surface area contributed by atoms with Crippen molar-refractivity contribution in [3.05, 3.63) is 0 Å². The van der Waals surface area contributed by atoms with Crippen molar-refractivity contribution in [2.45, 2.75) is 181 Å². The van der Waals surface area contributed by atoms with Gasteiger partial charge in [0.25, 0.3) is 0 Å². The van der Waals surface area contributed by atoms with Crippen LogP contribution in [0.4, 0.5) is 0 Å². The zero-order valence-electron chi connectivity index (χ0n) is 24.6. The first kappa shape index (κ1) is 34.9. The van der Waals surface area contributed by atoms with Crippen LogP contribution in [0, 0.1) is 0 Å². The van der Waals surface area contributed by atoms with Gasteiger partial charge in [-0.15, -0.1) is 0 Å². The molecule has 0 rings (SSSR count). The van der Waals surface area contributed by atoms with Crippen molar-refractivity contribution < 1.29 is 9.59 Å². The third-order valence-corrected chi connectivity index (χ3v) is 7.50. The molecule has 0 saturated heterocycles. The first-order chi connectivity index (χ1) is 17.6. The van der Waals surface area contributed by atoms with E-state index in [2.05, 4.69) is 13.8 Å². The fourth-order valence-corrected chi connectivity index (χ4v) is 5.04. The Hall–Kier alpha value is -1.06. The van der Waals surface area contributed by atoms with Crippen LogP contribution in [0.1, 0.15) is 181 Å². The molecule has 0 aromatic heterocycles. The highest BCUT2D eigenvalue weighted by Crippen LogP contribution is 2.14. The predicted octanol–water partition coefficient (Wildman–Crippen LogP) is 9.48. The van der Waals surface area contributed by atoms with Crippen molar-refractivity contribution in [2.75, 3.05) is 13.1 Å². The SMILES string of the molecule is CCCCCCCCCCCCCCN(CCCCCCCCCCCCCC)C(=O)CCC(N)=O. The third kappa shape index (κ3) is 26.0. The second-order valence-electron chi connectivity index (χ2n) is 11.1. The van der Waals surface area contributed by atoms with Crippen molar-refractivity contribution in [1.29, 1.82) is 0 Å². The van der Waals surface area contributed by atoms with Crippen LogP contribution in [0.2, 0.25) is 0 Å². The third-order valence-electron chi connectivity index (χ3n) is 7.50. The highest BCUT2D eigenvalue weighted by molar-refractivity contribution is 5.82. The molecule has 0 spiro atoms. The summed E-state index contributed by atoms with van der Waals surface area (Å²) in [6.45, 7) is 6.23. The first-order valence-corrected chi connectivity index (χ1v) is 16.2. The Morgan fingerprint density at radius 2 is 0.722 bits per heavy atom. The van der Waals surface area contributed by atoms with E-state index in [9.17, 15) is 9.59 Å². The second-order valence-corrected chi connectivity index (χ2v) is 11.1. The van der Waals surface area contributed by atoms with Gasteiger partial charge < -0.3 is 10.6 Å². The molecule has 0 aliphatic rings. The summed E-state index contributed by atoms with van der Waals surface area (Å²) in [4.78, 5) is 25.8. The molecule has 2 amide bonds. The molecule has 0 aromatic carbocycles. The Labute approximate surface area is 225 Å². The lowest BCUT2D eigenvalue weighted by atomic mass is 10.0. The lowest BCUT2D eigenvalue weighted by Crippen LogP contribution is -2.33. The first-order valence-electron chi connectivity index (χ1n) is 16.2. The highest BCUT2D eigenvalue weighted by Gasteiger charge is 2.13. The van der Waals surface area contributed by atoms with Gasteiger partial charge in [-0.05, 0) is 12.8 Å². The van der Waals surface area contributed by atoms with Gasteiger partial charge in [0, 0.05) is 25.9 Å². The zero-order valence-corrected chi connectivity index (χ0v) is 24.6. The van der Waals surface area contributed by atoms with E-state index in [-0.39, 0.29) is 24.7 Å². The number of carbonyl (C=O) groups excluding carboxylic acids is 2. The summed E-state index contributed by atoms with van der Waals surface area (Å²) in [5, 5.41) is 0. The van der Waals surface area contributed by atoms with Gasteiger partial charge in [-0.3, -0.25) is 9.59 Å². The molecule has 0 fully saturated rings. The minimum Gasteiger partial charge on any atom is -0.370 e. The topological polar surface area (TPSA) is 63.4 Å². The maximum atomic E-state index is 12.6. The molecule has 4 heteroatoms. The number of amides is 2.